The Bertz CT molecular complexity index is 615. The Morgan fingerprint density at radius 3 is 2.50 bits per heavy atom. The molecular formula is C15H11ClF2N2. The van der Waals surface area contributed by atoms with Crippen LogP contribution in [0, 0.1) is 23.0 Å². The summed E-state index contributed by atoms with van der Waals surface area (Å²) in [4.78, 5) is 0. The standard InChI is InChI=1S/C15H11ClF2N2/c16-12-8-11(17)9-13(18)15(12)20-14(6-7-19)10-4-2-1-3-5-10/h1-5,8-9,14,20H,6H2. The van der Waals surface area contributed by atoms with Crippen LogP contribution in [0.1, 0.15) is 18.0 Å². The molecule has 0 saturated heterocycles. The molecule has 1 N–H and O–H groups in total. The second kappa shape index (κ2) is 6.36. The smallest absolute Gasteiger partial charge is 0.150 e. The number of benzene rings is 2. The summed E-state index contributed by atoms with van der Waals surface area (Å²) in [6.07, 6.45) is 0.136. The van der Waals surface area contributed by atoms with Crippen molar-refractivity contribution in [2.75, 3.05) is 5.32 Å². The summed E-state index contributed by atoms with van der Waals surface area (Å²) in [5.74, 6) is -1.52. The van der Waals surface area contributed by atoms with Crippen LogP contribution in [0.4, 0.5) is 14.5 Å². The summed E-state index contributed by atoms with van der Waals surface area (Å²) in [6.45, 7) is 0. The van der Waals surface area contributed by atoms with E-state index in [4.69, 9.17) is 16.9 Å². The summed E-state index contributed by atoms with van der Waals surface area (Å²) in [5, 5.41) is 11.7. The predicted molar refractivity (Wildman–Crippen MR) is 74.4 cm³/mol. The maximum Gasteiger partial charge on any atom is 0.150 e. The van der Waals surface area contributed by atoms with Gasteiger partial charge in [-0.3, -0.25) is 0 Å². The first kappa shape index (κ1) is 14.3. The van der Waals surface area contributed by atoms with Crippen molar-refractivity contribution in [1.29, 1.82) is 5.26 Å². The largest absolute Gasteiger partial charge is 0.374 e. The first-order chi connectivity index (χ1) is 9.61. The van der Waals surface area contributed by atoms with Crippen LogP contribution >= 0.6 is 11.6 Å². The fourth-order valence-electron chi connectivity index (χ4n) is 1.88. The van der Waals surface area contributed by atoms with Gasteiger partial charge in [0, 0.05) is 6.07 Å². The van der Waals surface area contributed by atoms with Crippen molar-refractivity contribution in [3.8, 4) is 6.07 Å². The first-order valence-corrected chi connectivity index (χ1v) is 6.32. The van der Waals surface area contributed by atoms with Gasteiger partial charge in [-0.1, -0.05) is 41.9 Å². The molecule has 0 spiro atoms. The molecule has 0 aromatic heterocycles. The average molecular weight is 293 g/mol. The molecule has 1 atom stereocenters. The van der Waals surface area contributed by atoms with E-state index in [1.54, 1.807) is 0 Å². The van der Waals surface area contributed by atoms with Gasteiger partial charge in [0.2, 0.25) is 0 Å². The van der Waals surface area contributed by atoms with Crippen LogP contribution in [0.15, 0.2) is 42.5 Å². The number of hydrogen-bond donors (Lipinski definition) is 1. The summed E-state index contributed by atoms with van der Waals surface area (Å²) in [7, 11) is 0. The highest BCUT2D eigenvalue weighted by Gasteiger charge is 2.16. The van der Waals surface area contributed by atoms with E-state index in [0.717, 1.165) is 17.7 Å². The zero-order valence-electron chi connectivity index (χ0n) is 10.4. The fraction of sp³-hybridized carbons (Fsp3) is 0.133. The molecule has 0 saturated carbocycles. The lowest BCUT2D eigenvalue weighted by Crippen LogP contribution is -2.12. The lowest BCUT2D eigenvalue weighted by molar-refractivity contribution is 0.583. The van der Waals surface area contributed by atoms with E-state index in [-0.39, 0.29) is 17.1 Å². The van der Waals surface area contributed by atoms with Gasteiger partial charge in [0.25, 0.3) is 0 Å². The Morgan fingerprint density at radius 2 is 1.90 bits per heavy atom. The Hall–Kier alpha value is -2.12. The Kier molecular flexibility index (Phi) is 4.54. The van der Waals surface area contributed by atoms with E-state index in [2.05, 4.69) is 5.32 Å². The molecule has 2 rings (SSSR count). The number of nitrogens with zero attached hydrogens (tertiary/aromatic N) is 1. The molecule has 0 heterocycles. The van der Waals surface area contributed by atoms with E-state index in [1.807, 2.05) is 36.4 Å². The molecule has 20 heavy (non-hydrogen) atoms. The lowest BCUT2D eigenvalue weighted by Gasteiger charge is -2.19. The third-order valence-electron chi connectivity index (χ3n) is 2.82. The van der Waals surface area contributed by atoms with Gasteiger partial charge in [-0.05, 0) is 11.6 Å². The molecule has 0 aliphatic rings. The highest BCUT2D eigenvalue weighted by atomic mass is 35.5. The molecular weight excluding hydrogens is 282 g/mol. The summed E-state index contributed by atoms with van der Waals surface area (Å²) >= 11 is 5.84. The van der Waals surface area contributed by atoms with Gasteiger partial charge in [0.1, 0.15) is 5.82 Å². The minimum atomic E-state index is -0.783. The van der Waals surface area contributed by atoms with E-state index >= 15 is 0 Å². The monoisotopic (exact) mass is 292 g/mol. The Labute approximate surface area is 120 Å². The molecule has 0 fully saturated rings. The summed E-state index contributed by atoms with van der Waals surface area (Å²) < 4.78 is 26.8. The predicted octanol–water partition coefficient (Wildman–Crippen LogP) is 4.69. The minimum absolute atomic E-state index is 0.00262. The molecule has 0 radical (unpaired) electrons. The fourth-order valence-corrected chi connectivity index (χ4v) is 2.13. The topological polar surface area (TPSA) is 35.8 Å². The Balaban J connectivity index is 2.33. The maximum atomic E-state index is 13.8. The summed E-state index contributed by atoms with van der Waals surface area (Å²) in [6, 6.07) is 12.5. The van der Waals surface area contributed by atoms with Crippen LogP contribution in [-0.4, -0.2) is 0 Å². The van der Waals surface area contributed by atoms with E-state index in [9.17, 15) is 8.78 Å². The highest BCUT2D eigenvalue weighted by molar-refractivity contribution is 6.33. The number of nitriles is 1. The second-order valence-corrected chi connectivity index (χ2v) is 4.62. The number of nitrogens with one attached hydrogen (secondary N) is 1. The molecule has 0 aliphatic heterocycles. The average Bonchev–Trinajstić information content (AvgIpc) is 2.42. The molecule has 102 valence electrons. The van der Waals surface area contributed by atoms with Crippen LogP contribution in [-0.2, 0) is 0 Å². The van der Waals surface area contributed by atoms with Crippen molar-refractivity contribution in [3.05, 3.63) is 64.7 Å². The number of hydrogen-bond acceptors (Lipinski definition) is 2. The van der Waals surface area contributed by atoms with Gasteiger partial charge < -0.3 is 5.32 Å². The Morgan fingerprint density at radius 1 is 1.20 bits per heavy atom. The molecule has 2 aromatic rings. The minimum Gasteiger partial charge on any atom is -0.374 e. The van der Waals surface area contributed by atoms with Gasteiger partial charge >= 0.3 is 0 Å². The molecule has 0 bridgehead atoms. The van der Waals surface area contributed by atoms with E-state index < -0.39 is 17.7 Å². The van der Waals surface area contributed by atoms with Crippen molar-refractivity contribution < 1.29 is 8.78 Å². The maximum absolute atomic E-state index is 13.8. The van der Waals surface area contributed by atoms with Gasteiger partial charge in [-0.2, -0.15) is 5.26 Å². The van der Waals surface area contributed by atoms with Crippen LogP contribution in [0.5, 0.6) is 0 Å². The zero-order valence-corrected chi connectivity index (χ0v) is 11.2. The zero-order chi connectivity index (χ0) is 14.5. The van der Waals surface area contributed by atoms with Gasteiger partial charge in [0.05, 0.1) is 29.2 Å². The van der Waals surface area contributed by atoms with Crippen molar-refractivity contribution in [2.45, 2.75) is 12.5 Å². The number of anilines is 1. The van der Waals surface area contributed by atoms with Gasteiger partial charge in [0.15, 0.2) is 5.82 Å². The van der Waals surface area contributed by atoms with Crippen LogP contribution < -0.4 is 5.32 Å². The van der Waals surface area contributed by atoms with E-state index in [0.29, 0.717) is 0 Å². The highest BCUT2D eigenvalue weighted by Crippen LogP contribution is 2.31. The SMILES string of the molecule is N#CCC(Nc1c(F)cc(F)cc1Cl)c1ccccc1. The number of rotatable bonds is 4. The van der Waals surface area contributed by atoms with Crippen molar-refractivity contribution in [3.63, 3.8) is 0 Å². The molecule has 0 amide bonds. The first-order valence-electron chi connectivity index (χ1n) is 5.95. The third kappa shape index (κ3) is 3.25. The van der Waals surface area contributed by atoms with Gasteiger partial charge in [-0.15, -0.1) is 0 Å². The molecule has 5 heteroatoms. The van der Waals surface area contributed by atoms with E-state index in [1.165, 1.54) is 0 Å². The van der Waals surface area contributed by atoms with Crippen molar-refractivity contribution in [2.24, 2.45) is 0 Å². The third-order valence-corrected chi connectivity index (χ3v) is 3.12. The molecule has 1 unspecified atom stereocenters. The molecule has 2 nitrogen and oxygen atoms in total. The lowest BCUT2D eigenvalue weighted by atomic mass is 10.0. The molecule has 0 aliphatic carbocycles. The second-order valence-electron chi connectivity index (χ2n) is 4.21. The normalized spacial score (nSPS) is 11.7. The van der Waals surface area contributed by atoms with Crippen LogP contribution in [0.25, 0.3) is 0 Å². The quantitative estimate of drug-likeness (QED) is 0.887. The van der Waals surface area contributed by atoms with Gasteiger partial charge in [-0.25, -0.2) is 8.78 Å². The van der Waals surface area contributed by atoms with Crippen LogP contribution in [0.3, 0.4) is 0 Å². The van der Waals surface area contributed by atoms with Crippen molar-refractivity contribution >= 4 is 17.3 Å². The number of halogens is 3. The van der Waals surface area contributed by atoms with Crippen LogP contribution in [0.2, 0.25) is 5.02 Å². The summed E-state index contributed by atoms with van der Waals surface area (Å²) in [5.41, 5.74) is 0.825. The molecule has 2 aromatic carbocycles. The van der Waals surface area contributed by atoms with Crippen molar-refractivity contribution in [1.82, 2.24) is 0 Å².